The fraction of sp³-hybridized carbons (Fsp3) is 0.125. The van der Waals surface area contributed by atoms with Gasteiger partial charge in [-0.1, -0.05) is 35.9 Å². The second-order valence-electron chi connectivity index (χ2n) is 4.60. The van der Waals surface area contributed by atoms with Crippen molar-refractivity contribution in [3.63, 3.8) is 0 Å². The van der Waals surface area contributed by atoms with Gasteiger partial charge in [0, 0.05) is 5.02 Å². The van der Waals surface area contributed by atoms with E-state index in [-0.39, 0.29) is 17.2 Å². The Morgan fingerprint density at radius 1 is 1.05 bits per heavy atom. The summed E-state index contributed by atoms with van der Waals surface area (Å²) in [5.74, 6) is -1.55. The molecule has 0 fully saturated rings. The van der Waals surface area contributed by atoms with Crippen LogP contribution in [0.3, 0.4) is 0 Å². The molecule has 0 aliphatic heterocycles. The molecule has 4 nitrogen and oxygen atoms in total. The van der Waals surface area contributed by atoms with Crippen LogP contribution >= 0.6 is 11.6 Å². The van der Waals surface area contributed by atoms with Gasteiger partial charge in [0.2, 0.25) is 0 Å². The van der Waals surface area contributed by atoms with E-state index in [2.05, 4.69) is 5.32 Å². The highest BCUT2D eigenvalue weighted by Gasteiger charge is 2.17. The second kappa shape index (κ2) is 6.41. The number of amides is 1. The first-order chi connectivity index (χ1) is 9.99. The topological polar surface area (TPSA) is 66.4 Å². The van der Waals surface area contributed by atoms with Crippen LogP contribution in [0.15, 0.2) is 48.5 Å². The maximum Gasteiger partial charge on any atom is 0.336 e. The average molecular weight is 304 g/mol. The van der Waals surface area contributed by atoms with E-state index in [1.54, 1.807) is 24.3 Å². The third-order valence-electron chi connectivity index (χ3n) is 3.12. The molecule has 2 N–H and O–H groups in total. The van der Waals surface area contributed by atoms with Gasteiger partial charge in [0.1, 0.15) is 0 Å². The van der Waals surface area contributed by atoms with Crippen LogP contribution in [0, 0.1) is 0 Å². The molecule has 0 saturated carbocycles. The Morgan fingerprint density at radius 2 is 1.62 bits per heavy atom. The maximum absolute atomic E-state index is 12.2. The summed E-state index contributed by atoms with van der Waals surface area (Å²) in [6, 6.07) is 13.0. The Kier molecular flexibility index (Phi) is 4.60. The smallest absolute Gasteiger partial charge is 0.336 e. The van der Waals surface area contributed by atoms with E-state index in [4.69, 9.17) is 16.7 Å². The first kappa shape index (κ1) is 15.1. The molecule has 0 aromatic heterocycles. The summed E-state index contributed by atoms with van der Waals surface area (Å²) in [5.41, 5.74) is 1.02. The quantitative estimate of drug-likeness (QED) is 0.908. The summed E-state index contributed by atoms with van der Waals surface area (Å²) >= 11 is 5.82. The molecule has 0 radical (unpaired) electrons. The summed E-state index contributed by atoms with van der Waals surface area (Å²) < 4.78 is 0. The van der Waals surface area contributed by atoms with E-state index in [0.29, 0.717) is 5.02 Å². The molecule has 0 saturated heterocycles. The number of benzene rings is 2. The molecule has 108 valence electrons. The number of rotatable bonds is 4. The highest BCUT2D eigenvalue weighted by Crippen LogP contribution is 2.17. The number of nitrogens with one attached hydrogen (secondary N) is 1. The first-order valence-corrected chi connectivity index (χ1v) is 6.75. The fourth-order valence-corrected chi connectivity index (χ4v) is 2.10. The molecule has 0 unspecified atom stereocenters. The van der Waals surface area contributed by atoms with Crippen LogP contribution in [0.4, 0.5) is 0 Å². The van der Waals surface area contributed by atoms with Gasteiger partial charge in [0.15, 0.2) is 0 Å². The number of halogens is 1. The van der Waals surface area contributed by atoms with Gasteiger partial charge < -0.3 is 10.4 Å². The lowest BCUT2D eigenvalue weighted by atomic mass is 10.0. The van der Waals surface area contributed by atoms with Crippen molar-refractivity contribution in [2.75, 3.05) is 0 Å². The Bertz CT molecular complexity index is 667. The normalized spacial score (nSPS) is 11.7. The molecule has 0 aliphatic carbocycles. The molecule has 2 aromatic rings. The van der Waals surface area contributed by atoms with Gasteiger partial charge in [-0.25, -0.2) is 4.79 Å². The number of hydrogen-bond acceptors (Lipinski definition) is 2. The predicted octanol–water partition coefficient (Wildman–Crippen LogP) is 3.53. The Labute approximate surface area is 127 Å². The van der Waals surface area contributed by atoms with Gasteiger partial charge in [-0.05, 0) is 36.8 Å². The van der Waals surface area contributed by atoms with E-state index >= 15 is 0 Å². The monoisotopic (exact) mass is 303 g/mol. The van der Waals surface area contributed by atoms with Crippen molar-refractivity contribution in [1.29, 1.82) is 0 Å². The number of carbonyl (C=O) groups is 2. The second-order valence-corrected chi connectivity index (χ2v) is 5.03. The molecular weight excluding hydrogens is 290 g/mol. The lowest BCUT2D eigenvalue weighted by Gasteiger charge is -2.15. The minimum Gasteiger partial charge on any atom is -0.478 e. The number of carboxylic acids is 1. The van der Waals surface area contributed by atoms with E-state index in [1.807, 2.05) is 19.1 Å². The van der Waals surface area contributed by atoms with Crippen molar-refractivity contribution in [1.82, 2.24) is 5.32 Å². The summed E-state index contributed by atoms with van der Waals surface area (Å²) in [7, 11) is 0. The van der Waals surface area contributed by atoms with Crippen LogP contribution in [-0.4, -0.2) is 17.0 Å². The zero-order valence-corrected chi connectivity index (χ0v) is 12.1. The van der Waals surface area contributed by atoms with Crippen molar-refractivity contribution < 1.29 is 14.7 Å². The van der Waals surface area contributed by atoms with Gasteiger partial charge >= 0.3 is 5.97 Å². The van der Waals surface area contributed by atoms with Gasteiger partial charge in [0.25, 0.3) is 5.91 Å². The molecule has 2 aromatic carbocycles. The van der Waals surface area contributed by atoms with Crippen LogP contribution in [-0.2, 0) is 0 Å². The predicted molar refractivity (Wildman–Crippen MR) is 80.7 cm³/mol. The van der Waals surface area contributed by atoms with Gasteiger partial charge in [-0.15, -0.1) is 0 Å². The number of carboxylic acid groups (broad SMARTS) is 1. The third-order valence-corrected chi connectivity index (χ3v) is 3.37. The minimum atomic E-state index is -1.13. The lowest BCUT2D eigenvalue weighted by molar-refractivity contribution is 0.0690. The molecule has 1 atom stereocenters. The summed E-state index contributed by atoms with van der Waals surface area (Å²) in [6.07, 6.45) is 0. The van der Waals surface area contributed by atoms with Crippen LogP contribution in [0.1, 0.15) is 39.2 Å². The average Bonchev–Trinajstić information content (AvgIpc) is 2.47. The van der Waals surface area contributed by atoms with Crippen molar-refractivity contribution in [2.45, 2.75) is 13.0 Å². The van der Waals surface area contributed by atoms with E-state index < -0.39 is 11.9 Å². The molecule has 0 bridgehead atoms. The van der Waals surface area contributed by atoms with Crippen molar-refractivity contribution in [3.8, 4) is 0 Å². The summed E-state index contributed by atoms with van der Waals surface area (Å²) in [4.78, 5) is 23.3. The SMILES string of the molecule is C[C@@H](NC(=O)c1ccccc1C(=O)O)c1ccc(Cl)cc1. The third kappa shape index (κ3) is 3.61. The number of carbonyl (C=O) groups excluding carboxylic acids is 1. The molecule has 2 rings (SSSR count). The number of hydrogen-bond donors (Lipinski definition) is 2. The van der Waals surface area contributed by atoms with Crippen LogP contribution in [0.2, 0.25) is 5.02 Å². The Morgan fingerprint density at radius 3 is 2.19 bits per heavy atom. The molecule has 21 heavy (non-hydrogen) atoms. The fourth-order valence-electron chi connectivity index (χ4n) is 1.98. The highest BCUT2D eigenvalue weighted by molar-refractivity contribution is 6.30. The maximum atomic E-state index is 12.2. The van der Waals surface area contributed by atoms with Crippen LogP contribution in [0.5, 0.6) is 0 Å². The lowest BCUT2D eigenvalue weighted by Crippen LogP contribution is -2.28. The van der Waals surface area contributed by atoms with E-state index in [9.17, 15) is 9.59 Å². The standard InChI is InChI=1S/C16H14ClNO3/c1-10(11-6-8-12(17)9-7-11)18-15(19)13-4-2-3-5-14(13)16(20)21/h2-10H,1H3,(H,18,19)(H,20,21)/t10-/m1/s1. The molecule has 5 heteroatoms. The van der Waals surface area contributed by atoms with Gasteiger partial charge in [-0.3, -0.25) is 4.79 Å². The van der Waals surface area contributed by atoms with Gasteiger partial charge in [0.05, 0.1) is 17.2 Å². The molecule has 0 heterocycles. The Hall–Kier alpha value is -2.33. The highest BCUT2D eigenvalue weighted by atomic mass is 35.5. The van der Waals surface area contributed by atoms with Crippen molar-refractivity contribution in [3.05, 3.63) is 70.2 Å². The zero-order valence-electron chi connectivity index (χ0n) is 11.3. The van der Waals surface area contributed by atoms with Crippen molar-refractivity contribution >= 4 is 23.5 Å². The summed E-state index contributed by atoms with van der Waals surface area (Å²) in [6.45, 7) is 1.82. The van der Waals surface area contributed by atoms with Crippen LogP contribution in [0.25, 0.3) is 0 Å². The van der Waals surface area contributed by atoms with Crippen LogP contribution < -0.4 is 5.32 Å². The number of aromatic carboxylic acids is 1. The van der Waals surface area contributed by atoms with Gasteiger partial charge in [-0.2, -0.15) is 0 Å². The molecule has 1 amide bonds. The largest absolute Gasteiger partial charge is 0.478 e. The van der Waals surface area contributed by atoms with E-state index in [0.717, 1.165) is 5.56 Å². The molecule has 0 aliphatic rings. The minimum absolute atomic E-state index is 0.0155. The Balaban J connectivity index is 2.18. The van der Waals surface area contributed by atoms with E-state index in [1.165, 1.54) is 12.1 Å². The summed E-state index contributed by atoms with van der Waals surface area (Å²) in [5, 5.41) is 12.5. The zero-order chi connectivity index (χ0) is 15.4. The first-order valence-electron chi connectivity index (χ1n) is 6.37. The van der Waals surface area contributed by atoms with Crippen molar-refractivity contribution in [2.24, 2.45) is 0 Å². The molecular formula is C16H14ClNO3. The molecule has 0 spiro atoms.